The zero-order chi connectivity index (χ0) is 20.0. The van der Waals surface area contributed by atoms with Crippen LogP contribution in [-0.2, 0) is 6.42 Å². The second kappa shape index (κ2) is 9.55. The van der Waals surface area contributed by atoms with Crippen LogP contribution in [0.5, 0.6) is 0 Å². The van der Waals surface area contributed by atoms with Crippen LogP contribution < -0.4 is 16.2 Å². The molecule has 0 radical (unpaired) electrons. The van der Waals surface area contributed by atoms with Gasteiger partial charge in [0.2, 0.25) is 0 Å². The van der Waals surface area contributed by atoms with Crippen molar-refractivity contribution in [3.05, 3.63) is 52.8 Å². The molecule has 146 valence electrons. The van der Waals surface area contributed by atoms with Crippen LogP contribution in [0.2, 0.25) is 0 Å². The van der Waals surface area contributed by atoms with Crippen LogP contribution in [0, 0.1) is 13.8 Å². The van der Waals surface area contributed by atoms with E-state index in [2.05, 4.69) is 53.6 Å². The number of hydrogen-bond acceptors (Lipinski definition) is 2. The molecule has 0 spiro atoms. The molecular formula is C21H30N4OS. The third kappa shape index (κ3) is 5.57. The summed E-state index contributed by atoms with van der Waals surface area (Å²) in [7, 11) is 0. The molecular weight excluding hydrogens is 356 g/mol. The highest BCUT2D eigenvalue weighted by Crippen LogP contribution is 2.19. The van der Waals surface area contributed by atoms with Gasteiger partial charge in [-0.05, 0) is 76.5 Å². The lowest BCUT2D eigenvalue weighted by Crippen LogP contribution is -2.43. The number of amides is 1. The van der Waals surface area contributed by atoms with Crippen molar-refractivity contribution in [3.63, 3.8) is 0 Å². The molecule has 0 fully saturated rings. The number of nitrogens with zero attached hydrogens (tertiary/aromatic N) is 1. The van der Waals surface area contributed by atoms with Gasteiger partial charge in [0, 0.05) is 23.1 Å². The molecule has 0 aliphatic carbocycles. The summed E-state index contributed by atoms with van der Waals surface area (Å²) in [5.74, 6) is -0.200. The lowest BCUT2D eigenvalue weighted by Gasteiger charge is -2.14. The van der Waals surface area contributed by atoms with Crippen molar-refractivity contribution in [3.8, 4) is 0 Å². The monoisotopic (exact) mass is 386 g/mol. The molecule has 1 amide bonds. The summed E-state index contributed by atoms with van der Waals surface area (Å²) in [4.78, 5) is 12.5. The minimum Gasteiger partial charge on any atom is -0.346 e. The minimum atomic E-state index is -0.200. The van der Waals surface area contributed by atoms with Crippen LogP contribution >= 0.6 is 12.2 Å². The number of carbonyl (C=O) groups excluding carboxylic acids is 1. The van der Waals surface area contributed by atoms with Crippen molar-refractivity contribution >= 4 is 28.9 Å². The summed E-state index contributed by atoms with van der Waals surface area (Å²) in [6.45, 7) is 10.4. The average molecular weight is 387 g/mol. The number of thiocarbonyl (C=S) groups is 1. The van der Waals surface area contributed by atoms with Crippen molar-refractivity contribution in [1.82, 2.24) is 15.4 Å². The molecule has 3 N–H and O–H groups in total. The predicted octanol–water partition coefficient (Wildman–Crippen LogP) is 4.66. The summed E-state index contributed by atoms with van der Waals surface area (Å²) in [5.41, 5.74) is 10.3. The fourth-order valence-electron chi connectivity index (χ4n) is 3.28. The summed E-state index contributed by atoms with van der Waals surface area (Å²) in [6.07, 6.45) is 3.47. The zero-order valence-corrected chi connectivity index (χ0v) is 17.7. The van der Waals surface area contributed by atoms with Gasteiger partial charge in [-0.25, -0.2) is 0 Å². The molecule has 0 aliphatic rings. The summed E-state index contributed by atoms with van der Waals surface area (Å²) in [5, 5.41) is 3.43. The molecule has 1 heterocycles. The number of hydrazine groups is 1. The largest absolute Gasteiger partial charge is 0.346 e. The highest BCUT2D eigenvalue weighted by molar-refractivity contribution is 7.80. The predicted molar refractivity (Wildman–Crippen MR) is 116 cm³/mol. The van der Waals surface area contributed by atoms with Crippen LogP contribution in [-0.4, -0.2) is 15.6 Å². The SMILES string of the molecule is CCCCc1ccc(NC(=S)NNC(=O)c2cc(C)n(C(C)C)c2C)cc1. The molecule has 0 saturated heterocycles. The molecule has 0 bridgehead atoms. The Morgan fingerprint density at radius 2 is 1.81 bits per heavy atom. The normalized spacial score (nSPS) is 10.7. The van der Waals surface area contributed by atoms with Crippen LogP contribution in [0.3, 0.4) is 0 Å². The third-order valence-corrected chi connectivity index (χ3v) is 4.77. The number of benzene rings is 1. The maximum Gasteiger partial charge on any atom is 0.271 e. The van der Waals surface area contributed by atoms with Crippen molar-refractivity contribution in [1.29, 1.82) is 0 Å². The van der Waals surface area contributed by atoms with E-state index >= 15 is 0 Å². The van der Waals surface area contributed by atoms with Crippen molar-refractivity contribution in [2.24, 2.45) is 0 Å². The first-order valence-electron chi connectivity index (χ1n) is 9.48. The maximum absolute atomic E-state index is 12.5. The minimum absolute atomic E-state index is 0.200. The van der Waals surface area contributed by atoms with Crippen LogP contribution in [0.1, 0.15) is 67.0 Å². The summed E-state index contributed by atoms with van der Waals surface area (Å²) in [6, 6.07) is 10.4. The fourth-order valence-corrected chi connectivity index (χ4v) is 3.45. The van der Waals surface area contributed by atoms with Crippen LogP contribution in [0.4, 0.5) is 5.69 Å². The smallest absolute Gasteiger partial charge is 0.271 e. The van der Waals surface area contributed by atoms with E-state index in [4.69, 9.17) is 12.2 Å². The molecule has 27 heavy (non-hydrogen) atoms. The van der Waals surface area contributed by atoms with E-state index in [1.807, 2.05) is 32.0 Å². The molecule has 0 saturated carbocycles. The van der Waals surface area contributed by atoms with Gasteiger partial charge in [-0.1, -0.05) is 25.5 Å². The van der Waals surface area contributed by atoms with Gasteiger partial charge in [0.05, 0.1) is 5.56 Å². The van der Waals surface area contributed by atoms with Gasteiger partial charge < -0.3 is 9.88 Å². The first-order chi connectivity index (χ1) is 12.8. The molecule has 1 aromatic heterocycles. The first-order valence-corrected chi connectivity index (χ1v) is 9.89. The molecule has 5 nitrogen and oxygen atoms in total. The lowest BCUT2D eigenvalue weighted by molar-refractivity contribution is 0.0943. The van der Waals surface area contributed by atoms with Gasteiger partial charge in [0.25, 0.3) is 5.91 Å². The van der Waals surface area contributed by atoms with Gasteiger partial charge in [0.1, 0.15) is 0 Å². The second-order valence-electron chi connectivity index (χ2n) is 7.08. The Morgan fingerprint density at radius 3 is 2.37 bits per heavy atom. The highest BCUT2D eigenvalue weighted by Gasteiger charge is 2.17. The van der Waals surface area contributed by atoms with Gasteiger partial charge in [-0.15, -0.1) is 0 Å². The Labute approximate surface area is 167 Å². The number of aryl methyl sites for hydroxylation is 2. The van der Waals surface area contributed by atoms with Gasteiger partial charge in [0.15, 0.2) is 5.11 Å². The van der Waals surface area contributed by atoms with E-state index in [9.17, 15) is 4.79 Å². The number of rotatable bonds is 6. The number of carbonyl (C=O) groups is 1. The molecule has 1 aromatic carbocycles. The molecule has 2 rings (SSSR count). The molecule has 0 aliphatic heterocycles. The number of aromatic nitrogens is 1. The van der Waals surface area contributed by atoms with E-state index in [0.717, 1.165) is 23.5 Å². The quantitative estimate of drug-likeness (QED) is 0.499. The summed E-state index contributed by atoms with van der Waals surface area (Å²) >= 11 is 5.27. The van der Waals surface area contributed by atoms with E-state index in [1.165, 1.54) is 18.4 Å². The fraction of sp³-hybridized carbons (Fsp3) is 0.429. The second-order valence-corrected chi connectivity index (χ2v) is 7.49. The molecule has 6 heteroatoms. The third-order valence-electron chi connectivity index (χ3n) is 4.57. The first kappa shape index (κ1) is 21.0. The topological polar surface area (TPSA) is 58.1 Å². The average Bonchev–Trinajstić information content (AvgIpc) is 2.93. The Balaban J connectivity index is 1.90. The summed E-state index contributed by atoms with van der Waals surface area (Å²) < 4.78 is 2.14. The van der Waals surface area contributed by atoms with Crippen molar-refractivity contribution in [2.75, 3.05) is 5.32 Å². The Morgan fingerprint density at radius 1 is 1.15 bits per heavy atom. The molecule has 0 atom stereocenters. The Hall–Kier alpha value is -2.34. The standard InChI is InChI=1S/C21H30N4OS/c1-6-7-8-17-9-11-18(12-10-17)22-21(27)24-23-20(26)19-13-15(4)25(14(2)3)16(19)5/h9-14H,6-8H2,1-5H3,(H,23,26)(H2,22,24,27). The van der Waals surface area contributed by atoms with Crippen molar-refractivity contribution in [2.45, 2.75) is 59.9 Å². The highest BCUT2D eigenvalue weighted by atomic mass is 32.1. The van der Waals surface area contributed by atoms with Gasteiger partial charge in [-0.2, -0.15) is 0 Å². The van der Waals surface area contributed by atoms with Gasteiger partial charge >= 0.3 is 0 Å². The van der Waals surface area contributed by atoms with Crippen LogP contribution in [0.25, 0.3) is 0 Å². The number of anilines is 1. The van der Waals surface area contributed by atoms with Crippen molar-refractivity contribution < 1.29 is 4.79 Å². The number of unbranched alkanes of at least 4 members (excludes halogenated alkanes) is 1. The Bertz CT molecular complexity index is 793. The molecule has 0 unspecified atom stereocenters. The van der Waals surface area contributed by atoms with E-state index in [0.29, 0.717) is 16.7 Å². The number of nitrogens with one attached hydrogen (secondary N) is 3. The van der Waals surface area contributed by atoms with E-state index in [1.54, 1.807) is 0 Å². The van der Waals surface area contributed by atoms with E-state index < -0.39 is 0 Å². The maximum atomic E-state index is 12.5. The zero-order valence-electron chi connectivity index (χ0n) is 16.8. The van der Waals surface area contributed by atoms with Gasteiger partial charge in [-0.3, -0.25) is 15.6 Å². The number of hydrogen-bond donors (Lipinski definition) is 3. The van der Waals surface area contributed by atoms with E-state index in [-0.39, 0.29) is 5.91 Å². The lowest BCUT2D eigenvalue weighted by atomic mass is 10.1. The molecule has 2 aromatic rings. The van der Waals surface area contributed by atoms with Crippen LogP contribution in [0.15, 0.2) is 30.3 Å². The Kier molecular flexibility index (Phi) is 7.42.